The predicted octanol–water partition coefficient (Wildman–Crippen LogP) is -0.460. The molecule has 0 aliphatic rings. The molecule has 1 rings (SSSR count). The van der Waals surface area contributed by atoms with Gasteiger partial charge in [0.05, 0.1) is 12.0 Å². The van der Waals surface area contributed by atoms with Gasteiger partial charge in [0.2, 0.25) is 0 Å². The highest BCUT2D eigenvalue weighted by molar-refractivity contribution is 5.97. The Morgan fingerprint density at radius 3 is 2.75 bits per heavy atom. The zero-order chi connectivity index (χ0) is 9.14. The van der Waals surface area contributed by atoms with Gasteiger partial charge in [0, 0.05) is 0 Å². The fraction of sp³-hybridized carbons (Fsp3) is 0. The van der Waals surface area contributed by atoms with Gasteiger partial charge in [-0.2, -0.15) is 0 Å². The van der Waals surface area contributed by atoms with E-state index in [-0.39, 0.29) is 5.69 Å². The van der Waals surface area contributed by atoms with Crippen LogP contribution >= 0.6 is 0 Å². The molecule has 0 aromatic carbocycles. The predicted molar refractivity (Wildman–Crippen MR) is 38.9 cm³/mol. The van der Waals surface area contributed by atoms with Crippen LogP contribution in [0.5, 0.6) is 0 Å². The van der Waals surface area contributed by atoms with Crippen molar-refractivity contribution in [2.24, 2.45) is 5.73 Å². The quantitative estimate of drug-likeness (QED) is 0.521. The first-order valence-electron chi connectivity index (χ1n) is 2.98. The Bertz CT molecular complexity index is 357. The van der Waals surface area contributed by atoms with Crippen molar-refractivity contribution in [3.8, 4) is 0 Å². The van der Waals surface area contributed by atoms with Crippen LogP contribution in [-0.4, -0.2) is 11.1 Å². The van der Waals surface area contributed by atoms with Gasteiger partial charge in [-0.25, -0.2) is 4.79 Å². The molecule has 0 saturated carbocycles. The SMILES string of the molecule is NC(=O)c1c(NO)ccoc1=O. The van der Waals surface area contributed by atoms with Crippen molar-refractivity contribution in [1.82, 2.24) is 0 Å². The summed E-state index contributed by atoms with van der Waals surface area (Å²) in [5, 5.41) is 8.45. The summed E-state index contributed by atoms with van der Waals surface area (Å²) in [5.74, 6) is -0.957. The summed E-state index contributed by atoms with van der Waals surface area (Å²) in [4.78, 5) is 21.4. The van der Waals surface area contributed by atoms with Gasteiger partial charge < -0.3 is 10.2 Å². The van der Waals surface area contributed by atoms with E-state index in [1.165, 1.54) is 6.07 Å². The number of carbonyl (C=O) groups is 1. The average Bonchev–Trinajstić information content (AvgIpc) is 2.03. The zero-order valence-corrected chi connectivity index (χ0v) is 5.90. The first kappa shape index (κ1) is 8.28. The number of rotatable bonds is 2. The third-order valence-electron chi connectivity index (χ3n) is 1.25. The van der Waals surface area contributed by atoms with Crippen LogP contribution in [0.4, 0.5) is 5.69 Å². The van der Waals surface area contributed by atoms with Crippen molar-refractivity contribution >= 4 is 11.6 Å². The summed E-state index contributed by atoms with van der Waals surface area (Å²) in [5.41, 5.74) is 5.14. The molecule has 0 bridgehead atoms. The normalized spacial score (nSPS) is 9.42. The Morgan fingerprint density at radius 1 is 1.67 bits per heavy atom. The average molecular weight is 170 g/mol. The Labute approximate surface area is 66.6 Å². The second-order valence-electron chi connectivity index (χ2n) is 1.97. The van der Waals surface area contributed by atoms with E-state index in [1.807, 2.05) is 0 Å². The second kappa shape index (κ2) is 3.05. The van der Waals surface area contributed by atoms with Crippen molar-refractivity contribution in [3.05, 3.63) is 28.3 Å². The topological polar surface area (TPSA) is 106 Å². The number of amides is 1. The molecule has 0 saturated heterocycles. The minimum Gasteiger partial charge on any atom is -0.431 e. The van der Waals surface area contributed by atoms with E-state index < -0.39 is 17.1 Å². The van der Waals surface area contributed by atoms with Crippen molar-refractivity contribution < 1.29 is 14.4 Å². The Morgan fingerprint density at radius 2 is 2.33 bits per heavy atom. The Balaban J connectivity index is 3.40. The summed E-state index contributed by atoms with van der Waals surface area (Å²) in [6.07, 6.45) is 1.04. The molecule has 1 amide bonds. The molecule has 4 N–H and O–H groups in total. The van der Waals surface area contributed by atoms with Crippen LogP contribution in [0.25, 0.3) is 0 Å². The lowest BCUT2D eigenvalue weighted by Crippen LogP contribution is -2.22. The van der Waals surface area contributed by atoms with Gasteiger partial charge in [-0.3, -0.25) is 15.5 Å². The first-order chi connectivity index (χ1) is 5.66. The smallest absolute Gasteiger partial charge is 0.350 e. The number of carbonyl (C=O) groups excluding carboxylic acids is 1. The molecular formula is C6H6N2O4. The molecule has 0 fully saturated rings. The van der Waals surface area contributed by atoms with Gasteiger partial charge in [0.1, 0.15) is 5.56 Å². The largest absolute Gasteiger partial charge is 0.431 e. The van der Waals surface area contributed by atoms with Crippen LogP contribution in [0.2, 0.25) is 0 Å². The number of hydrogen-bond acceptors (Lipinski definition) is 5. The molecule has 0 aliphatic heterocycles. The van der Waals surface area contributed by atoms with E-state index in [9.17, 15) is 9.59 Å². The third kappa shape index (κ3) is 1.28. The molecule has 1 heterocycles. The Hall–Kier alpha value is -1.82. The Kier molecular flexibility index (Phi) is 2.11. The molecule has 1 aromatic heterocycles. The number of nitrogens with two attached hydrogens (primary N) is 1. The molecule has 6 nitrogen and oxygen atoms in total. The number of primary amides is 1. The van der Waals surface area contributed by atoms with Gasteiger partial charge in [0.25, 0.3) is 5.91 Å². The molecule has 64 valence electrons. The van der Waals surface area contributed by atoms with Gasteiger partial charge in [-0.15, -0.1) is 0 Å². The lowest BCUT2D eigenvalue weighted by atomic mass is 10.2. The second-order valence-corrected chi connectivity index (χ2v) is 1.97. The van der Waals surface area contributed by atoms with E-state index in [0.717, 1.165) is 6.26 Å². The maximum atomic E-state index is 10.8. The highest BCUT2D eigenvalue weighted by atomic mass is 16.5. The van der Waals surface area contributed by atoms with E-state index in [0.29, 0.717) is 0 Å². The maximum absolute atomic E-state index is 10.8. The van der Waals surface area contributed by atoms with Gasteiger partial charge in [-0.1, -0.05) is 0 Å². The van der Waals surface area contributed by atoms with Crippen molar-refractivity contribution in [3.63, 3.8) is 0 Å². The van der Waals surface area contributed by atoms with Gasteiger partial charge in [0.15, 0.2) is 0 Å². The van der Waals surface area contributed by atoms with Crippen molar-refractivity contribution in [2.45, 2.75) is 0 Å². The van der Waals surface area contributed by atoms with Crippen LogP contribution in [0.3, 0.4) is 0 Å². The molecule has 12 heavy (non-hydrogen) atoms. The van der Waals surface area contributed by atoms with Crippen LogP contribution in [0.15, 0.2) is 21.5 Å². The van der Waals surface area contributed by atoms with E-state index in [2.05, 4.69) is 4.42 Å². The number of nitrogens with one attached hydrogen (secondary N) is 1. The fourth-order valence-corrected chi connectivity index (χ4v) is 0.743. The molecule has 0 aliphatic carbocycles. The monoisotopic (exact) mass is 170 g/mol. The first-order valence-corrected chi connectivity index (χ1v) is 2.98. The van der Waals surface area contributed by atoms with Gasteiger partial charge in [-0.05, 0) is 6.07 Å². The third-order valence-corrected chi connectivity index (χ3v) is 1.25. The molecule has 0 radical (unpaired) electrons. The molecular weight excluding hydrogens is 164 g/mol. The van der Waals surface area contributed by atoms with Crippen LogP contribution < -0.4 is 16.8 Å². The maximum Gasteiger partial charge on any atom is 0.350 e. The number of hydrogen-bond donors (Lipinski definition) is 3. The zero-order valence-electron chi connectivity index (χ0n) is 5.90. The van der Waals surface area contributed by atoms with E-state index in [4.69, 9.17) is 10.9 Å². The highest BCUT2D eigenvalue weighted by Gasteiger charge is 2.13. The van der Waals surface area contributed by atoms with Crippen LogP contribution in [0, 0.1) is 0 Å². The molecule has 1 aromatic rings. The molecule has 0 spiro atoms. The fourth-order valence-electron chi connectivity index (χ4n) is 0.743. The standard InChI is InChI=1S/C6H6N2O4/c7-5(9)4-3(8-11)1-2-12-6(4)10/h1-2,8,11H,(H2,7,9). The molecule has 6 heteroatoms. The summed E-state index contributed by atoms with van der Waals surface area (Å²) in [7, 11) is 0. The molecule has 0 unspecified atom stereocenters. The lowest BCUT2D eigenvalue weighted by Gasteiger charge is -2.00. The highest BCUT2D eigenvalue weighted by Crippen LogP contribution is 2.07. The minimum atomic E-state index is -0.957. The summed E-state index contributed by atoms with van der Waals surface area (Å²) < 4.78 is 4.35. The van der Waals surface area contributed by atoms with Crippen LogP contribution in [-0.2, 0) is 0 Å². The van der Waals surface area contributed by atoms with Crippen molar-refractivity contribution in [1.29, 1.82) is 0 Å². The summed E-state index contributed by atoms with van der Waals surface area (Å²) in [6, 6.07) is 1.21. The summed E-state index contributed by atoms with van der Waals surface area (Å²) in [6.45, 7) is 0. The lowest BCUT2D eigenvalue weighted by molar-refractivity contribution is 0.0996. The van der Waals surface area contributed by atoms with Gasteiger partial charge >= 0.3 is 5.63 Å². The van der Waals surface area contributed by atoms with Crippen LogP contribution in [0.1, 0.15) is 10.4 Å². The molecule has 0 atom stereocenters. The van der Waals surface area contributed by atoms with E-state index in [1.54, 1.807) is 5.48 Å². The minimum absolute atomic E-state index is 0.0706. The number of anilines is 1. The van der Waals surface area contributed by atoms with E-state index >= 15 is 0 Å². The summed E-state index contributed by atoms with van der Waals surface area (Å²) >= 11 is 0. The van der Waals surface area contributed by atoms with Crippen molar-refractivity contribution in [2.75, 3.05) is 5.48 Å².